The van der Waals surface area contributed by atoms with Gasteiger partial charge in [-0.15, -0.1) is 11.3 Å². The van der Waals surface area contributed by atoms with Crippen molar-refractivity contribution in [3.63, 3.8) is 0 Å². The minimum atomic E-state index is -2.00. The SMILES string of the molecule is Clc1sc2ccc(C[P+](c3ccccc3)(c3ccccc3)c3ccccc3)nc2c1Cl.[Br-]. The number of fused-ring (bicyclic) bond motifs is 1. The second kappa shape index (κ2) is 10.0. The van der Waals surface area contributed by atoms with Gasteiger partial charge < -0.3 is 17.0 Å². The van der Waals surface area contributed by atoms with E-state index in [-0.39, 0.29) is 17.0 Å². The summed E-state index contributed by atoms with van der Waals surface area (Å²) in [6.45, 7) is 0. The molecular weight excluding hydrogens is 540 g/mol. The summed E-state index contributed by atoms with van der Waals surface area (Å²) in [7, 11) is -2.00. The van der Waals surface area contributed by atoms with Gasteiger partial charge >= 0.3 is 0 Å². The van der Waals surface area contributed by atoms with Gasteiger partial charge in [0.15, 0.2) is 0 Å². The molecule has 5 rings (SSSR count). The van der Waals surface area contributed by atoms with Gasteiger partial charge in [0.25, 0.3) is 0 Å². The van der Waals surface area contributed by atoms with Crippen LogP contribution in [0.5, 0.6) is 0 Å². The molecule has 6 heteroatoms. The van der Waals surface area contributed by atoms with Gasteiger partial charge in [-0.1, -0.05) is 77.8 Å². The summed E-state index contributed by atoms with van der Waals surface area (Å²) < 4.78 is 1.61. The molecule has 0 aliphatic rings. The Morgan fingerprint density at radius 1 is 0.656 bits per heavy atom. The standard InChI is InChI=1S/C26H19Cl2NPS.BrH/c27-24-25-23(31-26(24)28)17-16-19(29-25)18-30(20-10-4-1-5-11-20,21-12-6-2-7-13-21)22-14-8-3-9-15-22;/h1-17H,18H2;1H/q+1;/p-1. The lowest BCUT2D eigenvalue weighted by Crippen LogP contribution is -3.00. The normalized spacial score (nSPS) is 11.3. The summed E-state index contributed by atoms with van der Waals surface area (Å²) >= 11 is 14.2. The minimum absolute atomic E-state index is 0. The van der Waals surface area contributed by atoms with Crippen LogP contribution in [0, 0.1) is 0 Å². The highest BCUT2D eigenvalue weighted by Crippen LogP contribution is 2.58. The third-order valence-corrected chi connectivity index (χ3v) is 11.8. The van der Waals surface area contributed by atoms with Gasteiger partial charge in [0.1, 0.15) is 39.2 Å². The molecule has 1 nitrogen and oxygen atoms in total. The fraction of sp³-hybridized carbons (Fsp3) is 0.0385. The first-order valence-corrected chi connectivity index (χ1v) is 13.5. The highest BCUT2D eigenvalue weighted by Gasteiger charge is 2.45. The van der Waals surface area contributed by atoms with Gasteiger partial charge in [0.2, 0.25) is 0 Å². The van der Waals surface area contributed by atoms with Gasteiger partial charge in [-0.3, -0.25) is 0 Å². The molecule has 2 aromatic heterocycles. The Hall–Kier alpha value is -1.74. The van der Waals surface area contributed by atoms with E-state index < -0.39 is 7.26 Å². The van der Waals surface area contributed by atoms with E-state index in [0.29, 0.717) is 9.36 Å². The molecule has 0 aliphatic carbocycles. The minimum Gasteiger partial charge on any atom is -1.00 e. The van der Waals surface area contributed by atoms with Crippen molar-refractivity contribution in [3.8, 4) is 0 Å². The van der Waals surface area contributed by atoms with E-state index in [1.807, 2.05) is 0 Å². The van der Waals surface area contributed by atoms with Crippen molar-refractivity contribution in [2.75, 3.05) is 0 Å². The van der Waals surface area contributed by atoms with E-state index >= 15 is 0 Å². The van der Waals surface area contributed by atoms with Gasteiger partial charge in [0, 0.05) is 0 Å². The van der Waals surface area contributed by atoms with Crippen LogP contribution >= 0.6 is 41.8 Å². The number of hydrogen-bond donors (Lipinski definition) is 0. The second-order valence-corrected chi connectivity index (χ2v) is 12.8. The van der Waals surface area contributed by atoms with Gasteiger partial charge in [-0.25, -0.2) is 4.98 Å². The van der Waals surface area contributed by atoms with E-state index in [9.17, 15) is 0 Å². The van der Waals surface area contributed by atoms with Crippen molar-refractivity contribution in [1.82, 2.24) is 4.98 Å². The first-order valence-electron chi connectivity index (χ1n) is 9.97. The molecule has 0 amide bonds. The molecule has 0 radical (unpaired) electrons. The number of thiophene rings is 1. The predicted octanol–water partition coefficient (Wildman–Crippen LogP) is 4.10. The molecule has 0 spiro atoms. The third kappa shape index (κ3) is 4.25. The van der Waals surface area contributed by atoms with E-state index in [2.05, 4.69) is 103 Å². The number of hydrogen-bond acceptors (Lipinski definition) is 2. The molecule has 0 aliphatic heterocycles. The Balaban J connectivity index is 0.00000245. The Morgan fingerprint density at radius 2 is 1.12 bits per heavy atom. The number of pyridine rings is 1. The molecule has 5 aromatic rings. The summed E-state index contributed by atoms with van der Waals surface area (Å²) in [5.41, 5.74) is 1.82. The average Bonchev–Trinajstić information content (AvgIpc) is 3.12. The van der Waals surface area contributed by atoms with Crippen LogP contribution in [0.1, 0.15) is 5.69 Å². The van der Waals surface area contributed by atoms with Crippen LogP contribution in [0.25, 0.3) is 10.2 Å². The third-order valence-electron chi connectivity index (χ3n) is 5.49. The summed E-state index contributed by atoms with van der Waals surface area (Å²) in [5.74, 6) is 0. The van der Waals surface area contributed by atoms with Crippen LogP contribution in [-0.4, -0.2) is 4.98 Å². The Kier molecular flexibility index (Phi) is 7.34. The lowest BCUT2D eigenvalue weighted by molar-refractivity contribution is -0.00000578. The van der Waals surface area contributed by atoms with E-state index in [4.69, 9.17) is 28.2 Å². The van der Waals surface area contributed by atoms with E-state index in [1.165, 1.54) is 27.3 Å². The van der Waals surface area contributed by atoms with Gasteiger partial charge in [-0.2, -0.15) is 0 Å². The largest absolute Gasteiger partial charge is 1.00 e. The van der Waals surface area contributed by atoms with Gasteiger partial charge in [-0.05, 0) is 48.5 Å². The topological polar surface area (TPSA) is 12.9 Å². The number of rotatable bonds is 5. The zero-order valence-corrected chi connectivity index (χ0v) is 21.8. The molecule has 2 heterocycles. The molecule has 0 atom stereocenters. The highest BCUT2D eigenvalue weighted by atomic mass is 79.9. The highest BCUT2D eigenvalue weighted by molar-refractivity contribution is 7.95. The summed E-state index contributed by atoms with van der Waals surface area (Å²) in [5, 5.41) is 4.56. The zero-order chi connectivity index (χ0) is 21.3. The van der Waals surface area contributed by atoms with Crippen molar-refractivity contribution in [2.45, 2.75) is 6.16 Å². The van der Waals surface area contributed by atoms with Crippen LogP contribution in [0.3, 0.4) is 0 Å². The summed E-state index contributed by atoms with van der Waals surface area (Å²) in [6.07, 6.45) is 0.810. The monoisotopic (exact) mass is 557 g/mol. The summed E-state index contributed by atoms with van der Waals surface area (Å²) in [6, 6.07) is 36.7. The van der Waals surface area contributed by atoms with Crippen LogP contribution in [0.2, 0.25) is 9.36 Å². The van der Waals surface area contributed by atoms with E-state index in [1.54, 1.807) is 0 Å². The lowest BCUT2D eigenvalue weighted by atomic mass is 10.3. The number of benzene rings is 3. The van der Waals surface area contributed by atoms with Crippen LogP contribution in [0.15, 0.2) is 103 Å². The first kappa shape index (κ1) is 23.4. The fourth-order valence-electron chi connectivity index (χ4n) is 4.06. The van der Waals surface area contributed by atoms with E-state index in [0.717, 1.165) is 22.1 Å². The molecule has 0 bridgehead atoms. The van der Waals surface area contributed by atoms with Crippen molar-refractivity contribution in [3.05, 3.63) is 118 Å². The van der Waals surface area contributed by atoms with Crippen LogP contribution in [0.4, 0.5) is 0 Å². The predicted molar refractivity (Wildman–Crippen MR) is 138 cm³/mol. The molecule has 160 valence electrons. The second-order valence-electron chi connectivity index (χ2n) is 7.31. The van der Waals surface area contributed by atoms with Crippen molar-refractivity contribution >= 4 is 67.9 Å². The van der Waals surface area contributed by atoms with Crippen LogP contribution < -0.4 is 32.9 Å². The number of halogens is 3. The molecule has 0 unspecified atom stereocenters. The summed E-state index contributed by atoms with van der Waals surface area (Å²) in [4.78, 5) is 4.98. The molecule has 32 heavy (non-hydrogen) atoms. The quantitative estimate of drug-likeness (QED) is 0.296. The van der Waals surface area contributed by atoms with Crippen LogP contribution in [-0.2, 0) is 6.16 Å². The zero-order valence-electron chi connectivity index (χ0n) is 17.0. The lowest BCUT2D eigenvalue weighted by Gasteiger charge is -2.27. The number of aromatic nitrogens is 1. The molecular formula is C26H19BrCl2NPS. The Morgan fingerprint density at radius 3 is 1.59 bits per heavy atom. The molecule has 0 saturated heterocycles. The van der Waals surface area contributed by atoms with Crippen molar-refractivity contribution < 1.29 is 17.0 Å². The smallest absolute Gasteiger partial charge is 0.118 e. The molecule has 0 saturated carbocycles. The number of nitrogens with zero attached hydrogens (tertiary/aromatic N) is 1. The maximum absolute atomic E-state index is 6.46. The Bertz CT molecular complexity index is 1230. The average molecular weight is 559 g/mol. The molecule has 3 aromatic carbocycles. The fourth-order valence-corrected chi connectivity index (χ4v) is 9.62. The maximum atomic E-state index is 6.46. The molecule has 0 fully saturated rings. The van der Waals surface area contributed by atoms with Crippen molar-refractivity contribution in [2.24, 2.45) is 0 Å². The van der Waals surface area contributed by atoms with Crippen molar-refractivity contribution in [1.29, 1.82) is 0 Å². The molecule has 0 N–H and O–H groups in total. The van der Waals surface area contributed by atoms with Gasteiger partial charge in [0.05, 0.1) is 15.4 Å². The maximum Gasteiger partial charge on any atom is 0.118 e. The first-order chi connectivity index (χ1) is 15.2. The Labute approximate surface area is 213 Å².